The molecule has 1 rings (SSSR count). The lowest BCUT2D eigenvalue weighted by atomic mass is 9.99. The lowest BCUT2D eigenvalue weighted by molar-refractivity contribution is -0.122. The summed E-state index contributed by atoms with van der Waals surface area (Å²) >= 11 is 0. The van der Waals surface area contributed by atoms with Crippen molar-refractivity contribution in [2.75, 3.05) is 19.7 Å². The Morgan fingerprint density at radius 2 is 2.29 bits per heavy atom. The van der Waals surface area contributed by atoms with Gasteiger partial charge < -0.3 is 15.8 Å². The Hall–Kier alpha value is -0.610. The zero-order valence-corrected chi connectivity index (χ0v) is 11.1. The summed E-state index contributed by atoms with van der Waals surface area (Å²) in [6.45, 7) is 6.38. The molecule has 3 atom stereocenters. The first-order chi connectivity index (χ1) is 8.21. The summed E-state index contributed by atoms with van der Waals surface area (Å²) in [5, 5.41) is 3.01. The number of hydrogen-bond acceptors (Lipinski definition) is 3. The SMILES string of the molecule is CCC(CN)CC(=O)NCC1CCOC1CC. The van der Waals surface area contributed by atoms with E-state index < -0.39 is 0 Å². The molecule has 100 valence electrons. The standard InChI is InChI=1S/C13H26N2O2/c1-3-10(8-14)7-13(16)15-9-11-5-6-17-12(11)4-2/h10-12H,3-9,14H2,1-2H3,(H,15,16). The molecule has 0 bridgehead atoms. The highest BCUT2D eigenvalue weighted by atomic mass is 16.5. The summed E-state index contributed by atoms with van der Waals surface area (Å²) in [6.07, 6.45) is 3.94. The Bertz CT molecular complexity index is 229. The third kappa shape index (κ3) is 4.64. The van der Waals surface area contributed by atoms with E-state index in [9.17, 15) is 4.79 Å². The Balaban J connectivity index is 2.23. The summed E-state index contributed by atoms with van der Waals surface area (Å²) in [6, 6.07) is 0. The molecule has 4 heteroatoms. The minimum Gasteiger partial charge on any atom is -0.378 e. The van der Waals surface area contributed by atoms with Gasteiger partial charge in [-0.2, -0.15) is 0 Å². The maximum atomic E-state index is 11.7. The fourth-order valence-corrected chi connectivity index (χ4v) is 2.35. The summed E-state index contributed by atoms with van der Waals surface area (Å²) in [5.41, 5.74) is 5.59. The lowest BCUT2D eigenvalue weighted by Gasteiger charge is -2.18. The Morgan fingerprint density at radius 1 is 1.53 bits per heavy atom. The van der Waals surface area contributed by atoms with Gasteiger partial charge in [0.25, 0.3) is 0 Å². The molecular weight excluding hydrogens is 216 g/mol. The highest BCUT2D eigenvalue weighted by Crippen LogP contribution is 2.22. The number of amides is 1. The van der Waals surface area contributed by atoms with Crippen molar-refractivity contribution < 1.29 is 9.53 Å². The van der Waals surface area contributed by atoms with Crippen LogP contribution in [0.25, 0.3) is 0 Å². The van der Waals surface area contributed by atoms with Crippen molar-refractivity contribution in [2.45, 2.75) is 45.6 Å². The first kappa shape index (κ1) is 14.5. The van der Waals surface area contributed by atoms with Gasteiger partial charge >= 0.3 is 0 Å². The van der Waals surface area contributed by atoms with E-state index >= 15 is 0 Å². The van der Waals surface area contributed by atoms with Crippen LogP contribution in [-0.4, -0.2) is 31.7 Å². The van der Waals surface area contributed by atoms with Gasteiger partial charge in [0.15, 0.2) is 0 Å². The van der Waals surface area contributed by atoms with Crippen LogP contribution in [0, 0.1) is 11.8 Å². The number of ether oxygens (including phenoxy) is 1. The summed E-state index contributed by atoms with van der Waals surface area (Å²) in [5.74, 6) is 0.933. The van der Waals surface area contributed by atoms with Gasteiger partial charge in [0.1, 0.15) is 0 Å². The van der Waals surface area contributed by atoms with Crippen molar-refractivity contribution >= 4 is 5.91 Å². The monoisotopic (exact) mass is 242 g/mol. The van der Waals surface area contributed by atoms with Crippen molar-refractivity contribution in [2.24, 2.45) is 17.6 Å². The Morgan fingerprint density at radius 3 is 2.88 bits per heavy atom. The van der Waals surface area contributed by atoms with E-state index in [2.05, 4.69) is 19.2 Å². The summed E-state index contributed by atoms with van der Waals surface area (Å²) < 4.78 is 5.60. The number of nitrogens with two attached hydrogens (primary N) is 1. The highest BCUT2D eigenvalue weighted by molar-refractivity contribution is 5.76. The molecule has 0 aromatic carbocycles. The molecule has 3 unspecified atom stereocenters. The molecule has 3 N–H and O–H groups in total. The topological polar surface area (TPSA) is 64.4 Å². The van der Waals surface area contributed by atoms with Crippen molar-refractivity contribution in [3.8, 4) is 0 Å². The smallest absolute Gasteiger partial charge is 0.220 e. The molecule has 0 aromatic rings. The van der Waals surface area contributed by atoms with E-state index in [1.54, 1.807) is 0 Å². The van der Waals surface area contributed by atoms with Gasteiger partial charge in [-0.1, -0.05) is 20.3 Å². The molecule has 17 heavy (non-hydrogen) atoms. The molecule has 1 amide bonds. The van der Waals surface area contributed by atoms with E-state index in [1.165, 1.54) is 0 Å². The fourth-order valence-electron chi connectivity index (χ4n) is 2.35. The molecular formula is C13H26N2O2. The number of hydrogen-bond donors (Lipinski definition) is 2. The molecule has 0 radical (unpaired) electrons. The van der Waals surface area contributed by atoms with Gasteiger partial charge in [-0.25, -0.2) is 0 Å². The van der Waals surface area contributed by atoms with Crippen molar-refractivity contribution in [1.82, 2.24) is 5.32 Å². The minimum atomic E-state index is 0.129. The predicted octanol–water partition coefficient (Wildman–Crippen LogP) is 1.29. The normalized spacial score (nSPS) is 25.8. The number of carbonyl (C=O) groups excluding carboxylic acids is 1. The molecule has 0 aromatic heterocycles. The van der Waals surface area contributed by atoms with E-state index in [-0.39, 0.29) is 5.91 Å². The molecule has 1 heterocycles. The first-order valence-electron chi connectivity index (χ1n) is 6.79. The zero-order valence-electron chi connectivity index (χ0n) is 11.1. The van der Waals surface area contributed by atoms with Crippen LogP contribution in [0.4, 0.5) is 0 Å². The van der Waals surface area contributed by atoms with Crippen LogP contribution >= 0.6 is 0 Å². The first-order valence-corrected chi connectivity index (χ1v) is 6.79. The van der Waals surface area contributed by atoms with Crippen molar-refractivity contribution in [3.05, 3.63) is 0 Å². The second-order valence-corrected chi connectivity index (χ2v) is 4.88. The van der Waals surface area contributed by atoms with E-state index in [0.717, 1.165) is 32.4 Å². The molecule has 0 aliphatic carbocycles. The number of nitrogens with one attached hydrogen (secondary N) is 1. The maximum Gasteiger partial charge on any atom is 0.220 e. The zero-order chi connectivity index (χ0) is 12.7. The lowest BCUT2D eigenvalue weighted by Crippen LogP contribution is -2.34. The minimum absolute atomic E-state index is 0.129. The average Bonchev–Trinajstić information content (AvgIpc) is 2.80. The maximum absolute atomic E-state index is 11.7. The molecule has 1 saturated heterocycles. The van der Waals surface area contributed by atoms with E-state index in [4.69, 9.17) is 10.5 Å². The van der Waals surface area contributed by atoms with Crippen LogP contribution in [0.5, 0.6) is 0 Å². The molecule has 0 saturated carbocycles. The van der Waals surface area contributed by atoms with Crippen LogP contribution in [0.1, 0.15) is 39.5 Å². The average molecular weight is 242 g/mol. The fraction of sp³-hybridized carbons (Fsp3) is 0.923. The van der Waals surface area contributed by atoms with Crippen molar-refractivity contribution in [1.29, 1.82) is 0 Å². The molecule has 0 spiro atoms. The summed E-state index contributed by atoms with van der Waals surface area (Å²) in [4.78, 5) is 11.7. The van der Waals surface area contributed by atoms with Gasteiger partial charge in [-0.05, 0) is 25.3 Å². The van der Waals surface area contributed by atoms with Gasteiger partial charge in [0, 0.05) is 25.5 Å². The number of rotatable bonds is 7. The highest BCUT2D eigenvalue weighted by Gasteiger charge is 2.26. The Labute approximate surface area is 104 Å². The van der Waals surface area contributed by atoms with E-state index in [0.29, 0.717) is 30.9 Å². The second-order valence-electron chi connectivity index (χ2n) is 4.88. The third-order valence-electron chi connectivity index (χ3n) is 3.69. The van der Waals surface area contributed by atoms with Crippen LogP contribution in [0.3, 0.4) is 0 Å². The van der Waals surface area contributed by atoms with Crippen LogP contribution in [-0.2, 0) is 9.53 Å². The van der Waals surface area contributed by atoms with Crippen LogP contribution in [0.15, 0.2) is 0 Å². The Kier molecular flexibility index (Phi) is 6.52. The third-order valence-corrected chi connectivity index (χ3v) is 3.69. The van der Waals surface area contributed by atoms with Crippen LogP contribution < -0.4 is 11.1 Å². The van der Waals surface area contributed by atoms with Crippen molar-refractivity contribution in [3.63, 3.8) is 0 Å². The molecule has 4 nitrogen and oxygen atoms in total. The molecule has 1 fully saturated rings. The van der Waals surface area contributed by atoms with Gasteiger partial charge in [0.2, 0.25) is 5.91 Å². The van der Waals surface area contributed by atoms with Gasteiger partial charge in [-0.3, -0.25) is 4.79 Å². The largest absolute Gasteiger partial charge is 0.378 e. The van der Waals surface area contributed by atoms with Gasteiger partial charge in [-0.15, -0.1) is 0 Å². The van der Waals surface area contributed by atoms with Crippen LogP contribution in [0.2, 0.25) is 0 Å². The second kappa shape index (κ2) is 7.67. The molecule has 1 aliphatic rings. The predicted molar refractivity (Wildman–Crippen MR) is 68.6 cm³/mol. The van der Waals surface area contributed by atoms with E-state index in [1.807, 2.05) is 0 Å². The van der Waals surface area contributed by atoms with Gasteiger partial charge in [0.05, 0.1) is 6.10 Å². The summed E-state index contributed by atoms with van der Waals surface area (Å²) in [7, 11) is 0. The number of carbonyl (C=O) groups is 1. The molecule has 1 aliphatic heterocycles. The quantitative estimate of drug-likeness (QED) is 0.707.